The number of rotatable bonds is 6. The minimum atomic E-state index is 0.0466. The molecule has 0 spiro atoms. The molecule has 1 heterocycles. The van der Waals surface area contributed by atoms with Crippen LogP contribution in [-0.2, 0) is 11.3 Å². The predicted octanol–water partition coefficient (Wildman–Crippen LogP) is 1.51. The Labute approximate surface area is 83.9 Å². The van der Waals surface area contributed by atoms with Gasteiger partial charge in [-0.15, -0.1) is 0 Å². The van der Waals surface area contributed by atoms with Crippen LogP contribution in [-0.4, -0.2) is 29.1 Å². The van der Waals surface area contributed by atoms with Crippen LogP contribution in [0.5, 0.6) is 0 Å². The fraction of sp³-hybridized carbons (Fsp3) is 0.600. The summed E-state index contributed by atoms with van der Waals surface area (Å²) in [5, 5.41) is 0. The van der Waals surface area contributed by atoms with Crippen LogP contribution in [0.3, 0.4) is 0 Å². The lowest BCUT2D eigenvalue weighted by Crippen LogP contribution is -2.11. The molecule has 1 rings (SSSR count). The number of aromatic nitrogens is 2. The van der Waals surface area contributed by atoms with Gasteiger partial charge >= 0.3 is 0 Å². The van der Waals surface area contributed by atoms with Crippen LogP contribution in [0.1, 0.15) is 30.4 Å². The standard InChI is InChI=1S/C10H16N2O2/c1-3-6-12-7-5-11-10(12)9(13)4-8-14-2/h5,7H,3-4,6,8H2,1-2H3. The van der Waals surface area contributed by atoms with Crippen molar-refractivity contribution in [1.82, 2.24) is 9.55 Å². The molecule has 0 aliphatic carbocycles. The second-order valence-corrected chi connectivity index (χ2v) is 3.11. The van der Waals surface area contributed by atoms with Crippen molar-refractivity contribution < 1.29 is 9.53 Å². The Bertz CT molecular complexity index is 294. The average molecular weight is 196 g/mol. The molecule has 14 heavy (non-hydrogen) atoms. The number of hydrogen-bond acceptors (Lipinski definition) is 3. The van der Waals surface area contributed by atoms with Gasteiger partial charge in [-0.25, -0.2) is 4.98 Å². The summed E-state index contributed by atoms with van der Waals surface area (Å²) in [6, 6.07) is 0. The summed E-state index contributed by atoms with van der Waals surface area (Å²) in [6.45, 7) is 3.37. The summed E-state index contributed by atoms with van der Waals surface area (Å²) >= 11 is 0. The normalized spacial score (nSPS) is 10.4. The van der Waals surface area contributed by atoms with E-state index in [0.29, 0.717) is 18.9 Å². The van der Waals surface area contributed by atoms with Crippen molar-refractivity contribution in [2.75, 3.05) is 13.7 Å². The zero-order chi connectivity index (χ0) is 10.4. The van der Waals surface area contributed by atoms with Crippen molar-refractivity contribution >= 4 is 5.78 Å². The highest BCUT2D eigenvalue weighted by Crippen LogP contribution is 2.03. The van der Waals surface area contributed by atoms with Gasteiger partial charge in [0, 0.05) is 32.5 Å². The Morgan fingerprint density at radius 1 is 1.64 bits per heavy atom. The van der Waals surface area contributed by atoms with E-state index < -0.39 is 0 Å². The van der Waals surface area contributed by atoms with Crippen LogP contribution in [0, 0.1) is 0 Å². The maximum atomic E-state index is 11.6. The Morgan fingerprint density at radius 3 is 3.07 bits per heavy atom. The first-order valence-electron chi connectivity index (χ1n) is 4.82. The summed E-state index contributed by atoms with van der Waals surface area (Å²) in [5.41, 5.74) is 0. The third-order valence-electron chi connectivity index (χ3n) is 1.96. The highest BCUT2D eigenvalue weighted by atomic mass is 16.5. The average Bonchev–Trinajstić information content (AvgIpc) is 2.63. The van der Waals surface area contributed by atoms with Gasteiger partial charge in [0.2, 0.25) is 5.78 Å². The molecule has 0 radical (unpaired) electrons. The number of Topliss-reactive ketones (excluding diaryl/α,β-unsaturated/α-hetero) is 1. The van der Waals surface area contributed by atoms with Gasteiger partial charge in [0.15, 0.2) is 5.82 Å². The van der Waals surface area contributed by atoms with Gasteiger partial charge in [-0.2, -0.15) is 0 Å². The number of methoxy groups -OCH3 is 1. The number of hydrogen-bond donors (Lipinski definition) is 0. The molecule has 4 heteroatoms. The molecule has 4 nitrogen and oxygen atoms in total. The van der Waals surface area contributed by atoms with Crippen LogP contribution in [0.15, 0.2) is 12.4 Å². The zero-order valence-corrected chi connectivity index (χ0v) is 8.69. The zero-order valence-electron chi connectivity index (χ0n) is 8.69. The highest BCUT2D eigenvalue weighted by Gasteiger charge is 2.11. The van der Waals surface area contributed by atoms with Crippen molar-refractivity contribution in [2.24, 2.45) is 0 Å². The summed E-state index contributed by atoms with van der Waals surface area (Å²) in [4.78, 5) is 15.6. The van der Waals surface area contributed by atoms with E-state index in [1.807, 2.05) is 10.8 Å². The third-order valence-corrected chi connectivity index (χ3v) is 1.96. The van der Waals surface area contributed by atoms with Crippen molar-refractivity contribution in [2.45, 2.75) is 26.3 Å². The SMILES string of the molecule is CCCn1ccnc1C(=O)CCOC. The quantitative estimate of drug-likeness (QED) is 0.648. The third kappa shape index (κ3) is 2.67. The lowest BCUT2D eigenvalue weighted by Gasteiger charge is -2.04. The lowest BCUT2D eigenvalue weighted by atomic mass is 10.3. The van der Waals surface area contributed by atoms with Crippen molar-refractivity contribution in [1.29, 1.82) is 0 Å². The maximum absolute atomic E-state index is 11.6. The van der Waals surface area contributed by atoms with E-state index in [9.17, 15) is 4.79 Å². The predicted molar refractivity (Wildman–Crippen MR) is 53.3 cm³/mol. The summed E-state index contributed by atoms with van der Waals surface area (Å²) in [6.07, 6.45) is 4.90. The van der Waals surface area contributed by atoms with Gasteiger partial charge in [0.25, 0.3) is 0 Å². The molecule has 78 valence electrons. The number of carbonyl (C=O) groups is 1. The molecular formula is C10H16N2O2. The molecule has 0 fully saturated rings. The fourth-order valence-electron chi connectivity index (χ4n) is 1.29. The molecule has 0 saturated heterocycles. The largest absolute Gasteiger partial charge is 0.384 e. The molecule has 0 aliphatic rings. The molecule has 1 aromatic rings. The Balaban J connectivity index is 2.63. The Morgan fingerprint density at radius 2 is 2.43 bits per heavy atom. The molecule has 0 aliphatic heterocycles. The molecule has 0 aromatic carbocycles. The van der Waals surface area contributed by atoms with E-state index in [0.717, 1.165) is 13.0 Å². The summed E-state index contributed by atoms with van der Waals surface area (Å²) in [7, 11) is 1.59. The van der Waals surface area contributed by atoms with Crippen LogP contribution in [0.25, 0.3) is 0 Å². The minimum absolute atomic E-state index is 0.0466. The Kier molecular flexibility index (Phi) is 4.32. The number of nitrogens with zero attached hydrogens (tertiary/aromatic N) is 2. The van der Waals surface area contributed by atoms with E-state index >= 15 is 0 Å². The van der Waals surface area contributed by atoms with Crippen molar-refractivity contribution in [3.05, 3.63) is 18.2 Å². The molecular weight excluding hydrogens is 180 g/mol. The summed E-state index contributed by atoms with van der Waals surface area (Å²) < 4.78 is 6.74. The first-order chi connectivity index (χ1) is 6.79. The second-order valence-electron chi connectivity index (χ2n) is 3.11. The first-order valence-corrected chi connectivity index (χ1v) is 4.82. The minimum Gasteiger partial charge on any atom is -0.384 e. The van der Waals surface area contributed by atoms with Crippen LogP contribution in [0.4, 0.5) is 0 Å². The first kappa shape index (κ1) is 10.9. The highest BCUT2D eigenvalue weighted by molar-refractivity contribution is 5.92. The van der Waals surface area contributed by atoms with Gasteiger partial charge in [-0.1, -0.05) is 6.92 Å². The molecule has 0 bridgehead atoms. The van der Waals surface area contributed by atoms with Crippen LogP contribution in [0.2, 0.25) is 0 Å². The van der Waals surface area contributed by atoms with E-state index in [1.165, 1.54) is 0 Å². The van der Waals surface area contributed by atoms with Gasteiger partial charge in [0.1, 0.15) is 0 Å². The fourth-order valence-corrected chi connectivity index (χ4v) is 1.29. The van der Waals surface area contributed by atoms with Crippen LogP contribution >= 0.6 is 0 Å². The topological polar surface area (TPSA) is 44.1 Å². The van der Waals surface area contributed by atoms with Gasteiger partial charge in [-0.3, -0.25) is 4.79 Å². The smallest absolute Gasteiger partial charge is 0.200 e. The Hall–Kier alpha value is -1.16. The van der Waals surface area contributed by atoms with E-state index in [-0.39, 0.29) is 5.78 Å². The van der Waals surface area contributed by atoms with Gasteiger partial charge in [-0.05, 0) is 6.42 Å². The number of aryl methyl sites for hydroxylation is 1. The molecule has 0 atom stereocenters. The number of ether oxygens (including phenoxy) is 1. The molecule has 0 saturated carbocycles. The van der Waals surface area contributed by atoms with Crippen molar-refractivity contribution in [3.63, 3.8) is 0 Å². The number of imidazole rings is 1. The molecule has 0 unspecified atom stereocenters. The van der Waals surface area contributed by atoms with Crippen LogP contribution < -0.4 is 0 Å². The van der Waals surface area contributed by atoms with Gasteiger partial charge < -0.3 is 9.30 Å². The van der Waals surface area contributed by atoms with Crippen molar-refractivity contribution in [3.8, 4) is 0 Å². The summed E-state index contributed by atoms with van der Waals surface area (Å²) in [5.74, 6) is 0.592. The van der Waals surface area contributed by atoms with E-state index in [4.69, 9.17) is 4.74 Å². The monoisotopic (exact) mass is 196 g/mol. The van der Waals surface area contributed by atoms with Gasteiger partial charge in [0.05, 0.1) is 6.61 Å². The molecule has 0 N–H and O–H groups in total. The van der Waals surface area contributed by atoms with E-state index in [2.05, 4.69) is 11.9 Å². The number of ketones is 1. The molecule has 0 amide bonds. The number of carbonyl (C=O) groups excluding carboxylic acids is 1. The maximum Gasteiger partial charge on any atom is 0.200 e. The second kappa shape index (κ2) is 5.54. The molecule has 1 aromatic heterocycles. The lowest BCUT2D eigenvalue weighted by molar-refractivity contribution is 0.0918. The van der Waals surface area contributed by atoms with E-state index in [1.54, 1.807) is 13.3 Å².